The van der Waals surface area contributed by atoms with E-state index in [1.807, 2.05) is 20.8 Å². The Morgan fingerprint density at radius 1 is 1.45 bits per heavy atom. The van der Waals surface area contributed by atoms with Crippen molar-refractivity contribution in [2.24, 2.45) is 0 Å². The van der Waals surface area contributed by atoms with Gasteiger partial charge in [0, 0.05) is 11.6 Å². The summed E-state index contributed by atoms with van der Waals surface area (Å²) in [5, 5.41) is 2.89. The minimum absolute atomic E-state index is 0.159. The smallest absolute Gasteiger partial charge is 0.243 e. The topological polar surface area (TPSA) is 72.9 Å². The number of aromatic nitrogens is 2. The second-order valence-electron chi connectivity index (χ2n) is 5.89. The maximum absolute atomic E-state index is 13.2. The van der Waals surface area contributed by atoms with Crippen LogP contribution in [0, 0.1) is 5.82 Å². The molecule has 1 aromatic heterocycles. The highest BCUT2D eigenvalue weighted by molar-refractivity contribution is 5.85. The third-order valence-corrected chi connectivity index (χ3v) is 2.94. The van der Waals surface area contributed by atoms with Crippen LogP contribution in [-0.4, -0.2) is 21.0 Å². The van der Waals surface area contributed by atoms with Crippen LogP contribution in [0.5, 0.6) is 0 Å². The normalized spacial score (nSPS) is 13.4. The van der Waals surface area contributed by atoms with E-state index in [4.69, 9.17) is 5.73 Å². The molecular weight excluding hydrogens is 259 g/mol. The molecule has 0 aliphatic heterocycles. The summed E-state index contributed by atoms with van der Waals surface area (Å²) in [4.78, 5) is 16.3. The van der Waals surface area contributed by atoms with Crippen LogP contribution < -0.4 is 11.1 Å². The van der Waals surface area contributed by atoms with Crippen LogP contribution in [0.1, 0.15) is 33.7 Å². The minimum Gasteiger partial charge on any atom is -0.369 e. The molecule has 0 spiro atoms. The van der Waals surface area contributed by atoms with Crippen molar-refractivity contribution in [2.45, 2.75) is 39.3 Å². The largest absolute Gasteiger partial charge is 0.369 e. The van der Waals surface area contributed by atoms with E-state index < -0.39 is 6.04 Å². The molecule has 1 heterocycles. The van der Waals surface area contributed by atoms with E-state index in [0.717, 1.165) is 0 Å². The number of halogens is 1. The van der Waals surface area contributed by atoms with Crippen molar-refractivity contribution >= 4 is 22.9 Å². The Morgan fingerprint density at radius 2 is 2.10 bits per heavy atom. The summed E-state index contributed by atoms with van der Waals surface area (Å²) < 4.78 is 14.8. The lowest BCUT2D eigenvalue weighted by Gasteiger charge is -2.24. The zero-order valence-electron chi connectivity index (χ0n) is 12.1. The molecule has 0 saturated carbocycles. The summed E-state index contributed by atoms with van der Waals surface area (Å²) in [6, 6.07) is 3.68. The molecule has 108 valence electrons. The molecule has 0 saturated heterocycles. The summed E-state index contributed by atoms with van der Waals surface area (Å²) in [6.45, 7) is 7.45. The molecule has 0 bridgehead atoms. The van der Waals surface area contributed by atoms with Gasteiger partial charge in [0.2, 0.25) is 11.9 Å². The molecule has 3 N–H and O–H groups in total. The molecule has 6 heteroatoms. The fraction of sp³-hybridized carbons (Fsp3) is 0.429. The highest BCUT2D eigenvalue weighted by Gasteiger charge is 2.23. The molecule has 1 amide bonds. The van der Waals surface area contributed by atoms with E-state index in [0.29, 0.717) is 11.0 Å². The number of hydrogen-bond acceptors (Lipinski definition) is 3. The number of nitrogens with zero attached hydrogens (tertiary/aromatic N) is 2. The molecule has 5 nitrogen and oxygen atoms in total. The first-order valence-corrected chi connectivity index (χ1v) is 6.44. The summed E-state index contributed by atoms with van der Waals surface area (Å²) in [5.41, 5.74) is 6.61. The third-order valence-electron chi connectivity index (χ3n) is 2.94. The number of carbonyl (C=O) groups is 1. The van der Waals surface area contributed by atoms with Gasteiger partial charge in [-0.1, -0.05) is 0 Å². The molecule has 0 aliphatic rings. The fourth-order valence-corrected chi connectivity index (χ4v) is 2.09. The second kappa shape index (κ2) is 4.77. The standard InChI is InChI=1S/C14H19FN4O/c1-8(12(20)18-14(2,3)4)19-11-6-5-9(15)7-10(11)17-13(19)16/h5-8H,1-4H3,(H2,16,17)(H,18,20). The number of anilines is 1. The van der Waals surface area contributed by atoms with Crippen LogP contribution in [0.4, 0.5) is 10.3 Å². The van der Waals surface area contributed by atoms with E-state index in [-0.39, 0.29) is 23.2 Å². The van der Waals surface area contributed by atoms with E-state index in [1.165, 1.54) is 12.1 Å². The van der Waals surface area contributed by atoms with Gasteiger partial charge in [0.1, 0.15) is 11.9 Å². The molecule has 1 atom stereocenters. The van der Waals surface area contributed by atoms with Crippen molar-refractivity contribution in [1.29, 1.82) is 0 Å². The molecular formula is C14H19FN4O. The Bertz CT molecular complexity index is 657. The molecule has 1 aromatic carbocycles. The lowest BCUT2D eigenvalue weighted by atomic mass is 10.1. The van der Waals surface area contributed by atoms with Gasteiger partial charge < -0.3 is 11.1 Å². The van der Waals surface area contributed by atoms with Gasteiger partial charge in [-0.2, -0.15) is 0 Å². The van der Waals surface area contributed by atoms with Gasteiger partial charge in [0.05, 0.1) is 11.0 Å². The molecule has 2 aromatic rings. The summed E-state index contributed by atoms with van der Waals surface area (Å²) >= 11 is 0. The van der Waals surface area contributed by atoms with Gasteiger partial charge in [-0.3, -0.25) is 9.36 Å². The van der Waals surface area contributed by atoms with Gasteiger partial charge in [-0.15, -0.1) is 0 Å². The second-order valence-corrected chi connectivity index (χ2v) is 5.89. The summed E-state index contributed by atoms with van der Waals surface area (Å²) in [6.07, 6.45) is 0. The van der Waals surface area contributed by atoms with Gasteiger partial charge >= 0.3 is 0 Å². The summed E-state index contributed by atoms with van der Waals surface area (Å²) in [7, 11) is 0. The van der Waals surface area contributed by atoms with Crippen molar-refractivity contribution in [3.05, 3.63) is 24.0 Å². The van der Waals surface area contributed by atoms with Gasteiger partial charge in [-0.05, 0) is 39.8 Å². The first-order valence-electron chi connectivity index (χ1n) is 6.44. The fourth-order valence-electron chi connectivity index (χ4n) is 2.09. The van der Waals surface area contributed by atoms with Crippen molar-refractivity contribution in [3.8, 4) is 0 Å². The predicted octanol–water partition coefficient (Wildman–Crippen LogP) is 2.23. The van der Waals surface area contributed by atoms with E-state index in [1.54, 1.807) is 17.6 Å². The highest BCUT2D eigenvalue weighted by Crippen LogP contribution is 2.24. The number of nitrogen functional groups attached to an aromatic ring is 1. The summed E-state index contributed by atoms with van der Waals surface area (Å²) in [5.74, 6) is -0.344. The first kappa shape index (κ1) is 14.3. The monoisotopic (exact) mass is 278 g/mol. The maximum atomic E-state index is 13.2. The van der Waals surface area contributed by atoms with Crippen LogP contribution in [0.2, 0.25) is 0 Å². The Labute approximate surface area is 117 Å². The number of carbonyl (C=O) groups excluding carboxylic acids is 1. The number of imidazole rings is 1. The zero-order chi connectivity index (χ0) is 15.1. The molecule has 1 unspecified atom stereocenters. The molecule has 0 fully saturated rings. The molecule has 2 rings (SSSR count). The lowest BCUT2D eigenvalue weighted by Crippen LogP contribution is -2.43. The Kier molecular flexibility index (Phi) is 3.41. The molecule has 20 heavy (non-hydrogen) atoms. The third kappa shape index (κ3) is 2.74. The molecule has 0 aliphatic carbocycles. The van der Waals surface area contributed by atoms with Crippen molar-refractivity contribution in [1.82, 2.24) is 14.9 Å². The Balaban J connectivity index is 2.42. The maximum Gasteiger partial charge on any atom is 0.243 e. The lowest BCUT2D eigenvalue weighted by molar-refractivity contribution is -0.125. The van der Waals surface area contributed by atoms with Gasteiger partial charge in [0.25, 0.3) is 0 Å². The van der Waals surface area contributed by atoms with Crippen LogP contribution >= 0.6 is 0 Å². The average Bonchev–Trinajstić information content (AvgIpc) is 2.60. The van der Waals surface area contributed by atoms with Crippen LogP contribution in [0.3, 0.4) is 0 Å². The number of rotatable bonds is 2. The number of nitrogens with two attached hydrogens (primary N) is 1. The van der Waals surface area contributed by atoms with E-state index in [9.17, 15) is 9.18 Å². The van der Waals surface area contributed by atoms with Crippen molar-refractivity contribution in [3.63, 3.8) is 0 Å². The highest BCUT2D eigenvalue weighted by atomic mass is 19.1. The Hall–Kier alpha value is -2.11. The Morgan fingerprint density at radius 3 is 2.70 bits per heavy atom. The van der Waals surface area contributed by atoms with Crippen LogP contribution in [0.25, 0.3) is 11.0 Å². The first-order chi connectivity index (χ1) is 9.19. The predicted molar refractivity (Wildman–Crippen MR) is 76.7 cm³/mol. The SMILES string of the molecule is CC(C(=O)NC(C)(C)C)n1c(N)nc2cc(F)ccc21. The zero-order valence-corrected chi connectivity index (χ0v) is 12.1. The van der Waals surface area contributed by atoms with E-state index in [2.05, 4.69) is 10.3 Å². The average molecular weight is 278 g/mol. The van der Waals surface area contributed by atoms with Crippen LogP contribution in [-0.2, 0) is 4.79 Å². The van der Waals surface area contributed by atoms with Crippen LogP contribution in [0.15, 0.2) is 18.2 Å². The van der Waals surface area contributed by atoms with Crippen molar-refractivity contribution < 1.29 is 9.18 Å². The molecule has 0 radical (unpaired) electrons. The number of benzene rings is 1. The minimum atomic E-state index is -0.523. The quantitative estimate of drug-likeness (QED) is 0.884. The number of nitrogens with one attached hydrogen (secondary N) is 1. The van der Waals surface area contributed by atoms with Gasteiger partial charge in [0.15, 0.2) is 0 Å². The van der Waals surface area contributed by atoms with Crippen molar-refractivity contribution in [2.75, 3.05) is 5.73 Å². The van der Waals surface area contributed by atoms with E-state index >= 15 is 0 Å². The number of hydrogen-bond donors (Lipinski definition) is 2. The van der Waals surface area contributed by atoms with Gasteiger partial charge in [-0.25, -0.2) is 9.37 Å². The number of fused-ring (bicyclic) bond motifs is 1. The number of amides is 1.